The molecule has 0 aliphatic carbocycles. The summed E-state index contributed by atoms with van der Waals surface area (Å²) in [6.45, 7) is 4.16. The van der Waals surface area contributed by atoms with Crippen molar-refractivity contribution in [3.05, 3.63) is 65.2 Å². The summed E-state index contributed by atoms with van der Waals surface area (Å²) in [5, 5.41) is 3.75. The third kappa shape index (κ3) is 5.47. The maximum absolute atomic E-state index is 13.8. The summed E-state index contributed by atoms with van der Waals surface area (Å²) in [5.74, 6) is -0.0214. The molecule has 7 heteroatoms. The second-order valence-corrected chi connectivity index (χ2v) is 10.4. The Hall–Kier alpha value is -2.64. The van der Waals surface area contributed by atoms with Gasteiger partial charge in [-0.25, -0.2) is 13.2 Å². The van der Waals surface area contributed by atoms with Crippen LogP contribution < -0.4 is 10.1 Å². The molecule has 6 nitrogen and oxygen atoms in total. The van der Waals surface area contributed by atoms with Gasteiger partial charge in [-0.05, 0) is 42.2 Å². The molecule has 2 atom stereocenters. The van der Waals surface area contributed by atoms with Gasteiger partial charge in [-0.1, -0.05) is 57.0 Å². The van der Waals surface area contributed by atoms with Gasteiger partial charge >= 0.3 is 5.97 Å². The molecule has 178 valence electrons. The number of ether oxygens (including phenoxy) is 2. The Morgan fingerprint density at radius 2 is 1.91 bits per heavy atom. The van der Waals surface area contributed by atoms with Crippen molar-refractivity contribution in [1.82, 2.24) is 5.32 Å². The molecule has 0 fully saturated rings. The van der Waals surface area contributed by atoms with E-state index in [0.717, 1.165) is 24.8 Å². The number of fused-ring (bicyclic) bond motifs is 1. The van der Waals surface area contributed by atoms with Crippen molar-refractivity contribution in [2.24, 2.45) is 0 Å². The van der Waals surface area contributed by atoms with Crippen LogP contribution >= 0.6 is 0 Å². The summed E-state index contributed by atoms with van der Waals surface area (Å²) < 4.78 is 37.8. The van der Waals surface area contributed by atoms with Gasteiger partial charge in [-0.2, -0.15) is 0 Å². The second kappa shape index (κ2) is 10.5. The van der Waals surface area contributed by atoms with Gasteiger partial charge in [0, 0.05) is 17.2 Å². The Bertz CT molecular complexity index is 1110. The molecule has 0 aromatic heterocycles. The van der Waals surface area contributed by atoms with Crippen LogP contribution in [0, 0.1) is 0 Å². The van der Waals surface area contributed by atoms with Gasteiger partial charge in [-0.15, -0.1) is 0 Å². The summed E-state index contributed by atoms with van der Waals surface area (Å²) >= 11 is 0. The minimum atomic E-state index is -3.63. The zero-order chi connectivity index (χ0) is 24.1. The van der Waals surface area contributed by atoms with E-state index in [1.807, 2.05) is 37.3 Å². The number of nitrogens with one attached hydrogen (secondary N) is 1. The van der Waals surface area contributed by atoms with E-state index in [-0.39, 0.29) is 16.7 Å². The molecule has 1 N–H and O–H groups in total. The molecule has 0 amide bonds. The van der Waals surface area contributed by atoms with Crippen LogP contribution in [-0.4, -0.2) is 39.9 Å². The summed E-state index contributed by atoms with van der Waals surface area (Å²) in [5.41, 5.74) is 1.60. The molecule has 0 bridgehead atoms. The van der Waals surface area contributed by atoms with E-state index in [1.54, 1.807) is 12.1 Å². The first kappa shape index (κ1) is 25.0. The van der Waals surface area contributed by atoms with Gasteiger partial charge in [0.05, 0.1) is 30.9 Å². The maximum atomic E-state index is 13.8. The summed E-state index contributed by atoms with van der Waals surface area (Å²) in [4.78, 5) is 11.9. The summed E-state index contributed by atoms with van der Waals surface area (Å²) in [7, 11) is -0.803. The van der Waals surface area contributed by atoms with Crippen LogP contribution in [0.3, 0.4) is 0 Å². The number of methoxy groups -OCH3 is 2. The fraction of sp³-hybridized carbons (Fsp3) is 0.423. The highest BCUT2D eigenvalue weighted by Gasteiger charge is 2.42. The number of carbonyl (C=O) groups excluding carboxylic acids is 1. The van der Waals surface area contributed by atoms with E-state index >= 15 is 0 Å². The van der Waals surface area contributed by atoms with E-state index < -0.39 is 21.3 Å². The molecule has 1 aliphatic rings. The lowest BCUT2D eigenvalue weighted by atomic mass is 9.88. The average molecular weight is 472 g/mol. The number of hydrogen-bond donors (Lipinski definition) is 1. The molecule has 3 rings (SSSR count). The van der Waals surface area contributed by atoms with Crippen molar-refractivity contribution in [1.29, 1.82) is 0 Å². The molecule has 33 heavy (non-hydrogen) atoms. The van der Waals surface area contributed by atoms with E-state index in [0.29, 0.717) is 23.3 Å². The molecule has 0 radical (unpaired) electrons. The molecule has 1 aliphatic heterocycles. The van der Waals surface area contributed by atoms with E-state index in [4.69, 9.17) is 4.74 Å². The SMILES string of the molecule is CCCC[C@]1(CC)CS(=O)(=O)c2cc(/C=C/C(=O)OC)c(OC)cc2[C@@H](c2ccccc2)N1. The highest BCUT2D eigenvalue weighted by atomic mass is 32.2. The minimum absolute atomic E-state index is 0.0132. The molecular formula is C26H33NO5S. The molecule has 1 heterocycles. The third-order valence-corrected chi connectivity index (χ3v) is 8.30. The van der Waals surface area contributed by atoms with Crippen LogP contribution in [0.25, 0.3) is 6.08 Å². The number of benzene rings is 2. The first-order valence-electron chi connectivity index (χ1n) is 11.3. The Balaban J connectivity index is 2.26. The van der Waals surface area contributed by atoms with Crippen molar-refractivity contribution in [2.75, 3.05) is 20.0 Å². The van der Waals surface area contributed by atoms with Crippen LogP contribution in [0.15, 0.2) is 53.4 Å². The van der Waals surface area contributed by atoms with Crippen LogP contribution in [0.4, 0.5) is 0 Å². The van der Waals surface area contributed by atoms with Gasteiger partial charge < -0.3 is 9.47 Å². The van der Waals surface area contributed by atoms with Gasteiger partial charge in [0.2, 0.25) is 0 Å². The standard InChI is InChI=1S/C26H33NO5S/c1-5-7-15-26(6-2)18-33(29,30)23-16-20(13-14-24(28)32-4)22(31-3)17-21(23)25(27-26)19-11-9-8-10-12-19/h8-14,16-17,25,27H,5-7,15,18H2,1-4H3/b14-13+/t25-,26-/m1/s1. The molecule has 0 spiro atoms. The highest BCUT2D eigenvalue weighted by molar-refractivity contribution is 7.91. The Labute approximate surface area is 196 Å². The largest absolute Gasteiger partial charge is 0.496 e. The van der Waals surface area contributed by atoms with Gasteiger partial charge in [0.25, 0.3) is 0 Å². The fourth-order valence-electron chi connectivity index (χ4n) is 4.44. The van der Waals surface area contributed by atoms with Crippen molar-refractivity contribution >= 4 is 21.9 Å². The van der Waals surface area contributed by atoms with Crippen LogP contribution in [-0.2, 0) is 19.4 Å². The molecular weight excluding hydrogens is 438 g/mol. The molecule has 2 aromatic rings. The fourth-order valence-corrected chi connectivity index (χ4v) is 6.59. The summed E-state index contributed by atoms with van der Waals surface area (Å²) in [6.07, 6.45) is 6.17. The Morgan fingerprint density at radius 1 is 1.18 bits per heavy atom. The van der Waals surface area contributed by atoms with E-state index in [1.165, 1.54) is 26.4 Å². The van der Waals surface area contributed by atoms with Gasteiger partial charge in [0.1, 0.15) is 5.75 Å². The normalized spacial score (nSPS) is 21.9. The van der Waals surface area contributed by atoms with E-state index in [2.05, 4.69) is 17.0 Å². The predicted octanol–water partition coefficient (Wildman–Crippen LogP) is 4.69. The predicted molar refractivity (Wildman–Crippen MR) is 130 cm³/mol. The average Bonchev–Trinajstić information content (AvgIpc) is 2.93. The van der Waals surface area contributed by atoms with Crippen molar-refractivity contribution in [3.63, 3.8) is 0 Å². The van der Waals surface area contributed by atoms with Crippen LogP contribution in [0.2, 0.25) is 0 Å². The van der Waals surface area contributed by atoms with E-state index in [9.17, 15) is 13.2 Å². The second-order valence-electron chi connectivity index (χ2n) is 8.47. The third-order valence-electron chi connectivity index (χ3n) is 6.34. The van der Waals surface area contributed by atoms with Crippen molar-refractivity contribution < 1.29 is 22.7 Å². The lowest BCUT2D eigenvalue weighted by molar-refractivity contribution is -0.134. The van der Waals surface area contributed by atoms with Crippen molar-refractivity contribution in [3.8, 4) is 5.75 Å². The number of esters is 1. The lowest BCUT2D eigenvalue weighted by Crippen LogP contribution is -2.50. The smallest absolute Gasteiger partial charge is 0.330 e. The Kier molecular flexibility index (Phi) is 7.97. The van der Waals surface area contributed by atoms with Gasteiger partial charge in [0.15, 0.2) is 9.84 Å². The molecule has 0 saturated heterocycles. The minimum Gasteiger partial charge on any atom is -0.496 e. The molecule has 2 aromatic carbocycles. The van der Waals surface area contributed by atoms with Gasteiger partial charge in [-0.3, -0.25) is 5.32 Å². The number of carbonyl (C=O) groups is 1. The highest BCUT2D eigenvalue weighted by Crippen LogP contribution is 2.41. The van der Waals surface area contributed by atoms with Crippen LogP contribution in [0.5, 0.6) is 5.75 Å². The lowest BCUT2D eigenvalue weighted by Gasteiger charge is -2.36. The monoisotopic (exact) mass is 471 g/mol. The number of hydrogen-bond acceptors (Lipinski definition) is 6. The topological polar surface area (TPSA) is 81.7 Å². The molecule has 0 saturated carbocycles. The number of rotatable bonds is 8. The first-order chi connectivity index (χ1) is 15.8. The number of sulfone groups is 1. The summed E-state index contributed by atoms with van der Waals surface area (Å²) in [6, 6.07) is 13.0. The Morgan fingerprint density at radius 3 is 2.52 bits per heavy atom. The number of unbranched alkanes of at least 4 members (excludes halogenated alkanes) is 1. The van der Waals surface area contributed by atoms with Crippen molar-refractivity contribution in [2.45, 2.75) is 56.0 Å². The maximum Gasteiger partial charge on any atom is 0.330 e. The first-order valence-corrected chi connectivity index (χ1v) is 13.0. The van der Waals surface area contributed by atoms with Crippen LogP contribution in [0.1, 0.15) is 62.3 Å². The molecule has 0 unspecified atom stereocenters. The zero-order valence-electron chi connectivity index (χ0n) is 19.8. The quantitative estimate of drug-likeness (QED) is 0.444. The zero-order valence-corrected chi connectivity index (χ0v) is 20.6.